The number of pyridine rings is 2. The topological polar surface area (TPSA) is 90.4 Å². The lowest BCUT2D eigenvalue weighted by Crippen LogP contribution is -2.41. The van der Waals surface area contributed by atoms with E-state index in [2.05, 4.69) is 20.0 Å². The van der Waals surface area contributed by atoms with Crippen LogP contribution in [-0.2, 0) is 5.60 Å². The number of hydrogen-bond acceptors (Lipinski definition) is 7. The Labute approximate surface area is 254 Å². The van der Waals surface area contributed by atoms with Gasteiger partial charge < -0.3 is 15.3 Å². The maximum Gasteiger partial charge on any atom is 0.422 e. The minimum Gasteiger partial charge on any atom is -0.375 e. The van der Waals surface area contributed by atoms with Gasteiger partial charge in [-0.25, -0.2) is 9.97 Å². The van der Waals surface area contributed by atoms with Crippen LogP contribution in [0.2, 0.25) is 0 Å². The van der Waals surface area contributed by atoms with E-state index in [1.807, 2.05) is 73.3 Å². The highest BCUT2D eigenvalue weighted by molar-refractivity contribution is 7.97. The average Bonchev–Trinajstić information content (AvgIpc) is 3.73. The summed E-state index contributed by atoms with van der Waals surface area (Å²) >= 11 is 1.34. The van der Waals surface area contributed by atoms with E-state index in [1.54, 1.807) is 12.1 Å². The summed E-state index contributed by atoms with van der Waals surface area (Å²) in [5.41, 5.74) is -3.36. The molecule has 1 aliphatic carbocycles. The molecule has 0 bridgehead atoms. The molecule has 1 atom stereocenters. The van der Waals surface area contributed by atoms with Crippen molar-refractivity contribution in [3.05, 3.63) is 41.6 Å². The van der Waals surface area contributed by atoms with Gasteiger partial charge in [-0.1, -0.05) is 47.6 Å². The third-order valence-electron chi connectivity index (χ3n) is 6.68. The normalized spacial score (nSPS) is 16.9. The SMILES string of the molecule is CC.CC.CC.CC(C)(C)NSc1cccc(NC(=O)c2ccc(C(C)(O)C(F)(F)F)nc2N2CCC3(CC2)CC3)n1. The molecule has 1 saturated heterocycles. The van der Waals surface area contributed by atoms with Crippen LogP contribution in [0, 0.1) is 5.41 Å². The lowest BCUT2D eigenvalue weighted by molar-refractivity contribution is -0.260. The highest BCUT2D eigenvalue weighted by Gasteiger charge is 2.53. The zero-order valence-corrected chi connectivity index (χ0v) is 27.7. The Bertz CT molecular complexity index is 1120. The van der Waals surface area contributed by atoms with Crippen LogP contribution in [-0.4, -0.2) is 45.8 Å². The highest BCUT2D eigenvalue weighted by atomic mass is 32.2. The molecule has 1 spiro atoms. The molecule has 42 heavy (non-hydrogen) atoms. The Hall–Kier alpha value is -2.37. The number of rotatable bonds is 6. The van der Waals surface area contributed by atoms with E-state index >= 15 is 0 Å². The minimum absolute atomic E-state index is 0.135. The van der Waals surface area contributed by atoms with E-state index < -0.39 is 23.4 Å². The molecule has 0 aromatic carbocycles. The second-order valence-electron chi connectivity index (χ2n) is 10.9. The molecule has 4 rings (SSSR count). The first-order valence-corrected chi connectivity index (χ1v) is 15.8. The van der Waals surface area contributed by atoms with Crippen LogP contribution in [0.1, 0.15) is 111 Å². The van der Waals surface area contributed by atoms with E-state index in [-0.39, 0.29) is 16.9 Å². The van der Waals surface area contributed by atoms with Crippen molar-refractivity contribution in [1.29, 1.82) is 0 Å². The molecule has 2 aromatic heterocycles. The molecular weight excluding hydrogens is 563 g/mol. The Morgan fingerprint density at radius 3 is 1.98 bits per heavy atom. The Morgan fingerprint density at radius 1 is 0.905 bits per heavy atom. The number of aromatic nitrogens is 2. The van der Waals surface area contributed by atoms with Crippen molar-refractivity contribution in [2.45, 2.75) is 117 Å². The quantitative estimate of drug-likeness (QED) is 0.282. The number of nitrogens with one attached hydrogen (secondary N) is 2. The number of piperidine rings is 1. The Balaban J connectivity index is 0.00000138. The summed E-state index contributed by atoms with van der Waals surface area (Å²) in [4.78, 5) is 23.8. The Kier molecular flexibility index (Phi) is 14.3. The number of halogens is 3. The number of hydrogen-bond donors (Lipinski definition) is 3. The number of anilines is 2. The van der Waals surface area contributed by atoms with Gasteiger partial charge in [-0.2, -0.15) is 13.2 Å². The molecule has 1 aliphatic heterocycles. The number of alkyl halides is 3. The van der Waals surface area contributed by atoms with Gasteiger partial charge in [0.05, 0.1) is 11.3 Å². The number of carbonyl (C=O) groups is 1. The van der Waals surface area contributed by atoms with Crippen LogP contribution in [0.15, 0.2) is 35.4 Å². The van der Waals surface area contributed by atoms with Crippen molar-refractivity contribution in [1.82, 2.24) is 14.7 Å². The molecule has 3 N–H and O–H groups in total. The molecule has 238 valence electrons. The third kappa shape index (κ3) is 10.1. The van der Waals surface area contributed by atoms with Crippen LogP contribution in [0.4, 0.5) is 24.8 Å². The smallest absolute Gasteiger partial charge is 0.375 e. The molecule has 2 aromatic rings. The number of aliphatic hydroxyl groups is 1. The maximum absolute atomic E-state index is 13.5. The summed E-state index contributed by atoms with van der Waals surface area (Å²) in [6, 6.07) is 7.58. The van der Waals surface area contributed by atoms with Crippen molar-refractivity contribution in [3.8, 4) is 0 Å². The molecule has 11 heteroatoms. The van der Waals surface area contributed by atoms with Gasteiger partial charge in [-0.15, -0.1) is 0 Å². The van der Waals surface area contributed by atoms with Crippen molar-refractivity contribution in [2.24, 2.45) is 5.41 Å². The predicted molar refractivity (Wildman–Crippen MR) is 168 cm³/mol. The second kappa shape index (κ2) is 15.9. The van der Waals surface area contributed by atoms with E-state index in [0.717, 1.165) is 31.7 Å². The molecule has 1 amide bonds. The number of carbonyl (C=O) groups excluding carboxylic acids is 1. The summed E-state index contributed by atoms with van der Waals surface area (Å²) in [6.07, 6.45) is -0.790. The molecule has 2 aliphatic rings. The van der Waals surface area contributed by atoms with E-state index in [1.165, 1.54) is 18.0 Å². The summed E-state index contributed by atoms with van der Waals surface area (Å²) in [6.45, 7) is 19.9. The predicted octanol–water partition coefficient (Wildman–Crippen LogP) is 8.35. The summed E-state index contributed by atoms with van der Waals surface area (Å²) in [7, 11) is 0. The van der Waals surface area contributed by atoms with Crippen molar-refractivity contribution < 1.29 is 23.1 Å². The van der Waals surface area contributed by atoms with Gasteiger partial charge >= 0.3 is 6.18 Å². The van der Waals surface area contributed by atoms with Gasteiger partial charge in [0.15, 0.2) is 5.60 Å². The largest absolute Gasteiger partial charge is 0.422 e. The van der Waals surface area contributed by atoms with Crippen molar-refractivity contribution in [2.75, 3.05) is 23.3 Å². The molecule has 0 radical (unpaired) electrons. The fourth-order valence-corrected chi connectivity index (χ4v) is 4.78. The molecule has 3 heterocycles. The second-order valence-corrected chi connectivity index (χ2v) is 11.7. The average molecular weight is 614 g/mol. The standard InChI is InChI=1S/C25H32F3N5O2S.3C2H6/c1-22(2,3)32-36-19-7-5-6-18(30-19)31-21(34)16-8-9-17(23(4,35)25(26,27)28)29-20(16)33-14-12-24(10-11-24)13-15-33;3*1-2/h5-9,32,35H,10-15H2,1-4H3,(H,30,31,34);3*1-2H3. The van der Waals surface area contributed by atoms with Crippen LogP contribution in [0.3, 0.4) is 0 Å². The summed E-state index contributed by atoms with van der Waals surface area (Å²) in [5, 5.41) is 13.6. The van der Waals surface area contributed by atoms with Gasteiger partial charge in [-0.05, 0) is 95.0 Å². The van der Waals surface area contributed by atoms with Gasteiger partial charge in [0.25, 0.3) is 5.91 Å². The van der Waals surface area contributed by atoms with Gasteiger partial charge in [0.1, 0.15) is 16.7 Å². The Morgan fingerprint density at radius 2 is 1.48 bits per heavy atom. The molecule has 7 nitrogen and oxygen atoms in total. The lowest BCUT2D eigenvalue weighted by Gasteiger charge is -2.35. The van der Waals surface area contributed by atoms with Crippen LogP contribution >= 0.6 is 11.9 Å². The third-order valence-corrected chi connectivity index (χ3v) is 7.83. The van der Waals surface area contributed by atoms with Gasteiger partial charge in [-0.3, -0.25) is 9.52 Å². The van der Waals surface area contributed by atoms with Crippen LogP contribution < -0.4 is 14.9 Å². The van der Waals surface area contributed by atoms with Crippen LogP contribution in [0.25, 0.3) is 0 Å². The van der Waals surface area contributed by atoms with E-state index in [4.69, 9.17) is 0 Å². The molecule has 1 unspecified atom stereocenters. The zero-order valence-electron chi connectivity index (χ0n) is 26.9. The minimum atomic E-state index is -4.91. The first kappa shape index (κ1) is 37.7. The lowest BCUT2D eigenvalue weighted by atomic mass is 9.93. The first-order chi connectivity index (χ1) is 19.7. The number of nitrogens with zero attached hydrogens (tertiary/aromatic N) is 3. The zero-order chi connectivity index (χ0) is 32.4. The summed E-state index contributed by atoms with van der Waals surface area (Å²) < 4.78 is 43.8. The van der Waals surface area contributed by atoms with E-state index in [0.29, 0.717) is 36.3 Å². The highest BCUT2D eigenvalue weighted by Crippen LogP contribution is 2.54. The van der Waals surface area contributed by atoms with Crippen molar-refractivity contribution >= 4 is 29.5 Å². The van der Waals surface area contributed by atoms with E-state index in [9.17, 15) is 23.1 Å². The maximum atomic E-state index is 13.5. The fourth-order valence-electron chi connectivity index (χ4n) is 4.08. The first-order valence-electron chi connectivity index (χ1n) is 15.0. The van der Waals surface area contributed by atoms with Gasteiger partial charge in [0, 0.05) is 18.6 Å². The van der Waals surface area contributed by atoms with Gasteiger partial charge in [0.2, 0.25) is 0 Å². The molecular formula is C31H50F3N5O2S. The van der Waals surface area contributed by atoms with Crippen molar-refractivity contribution in [3.63, 3.8) is 0 Å². The summed E-state index contributed by atoms with van der Waals surface area (Å²) in [5.74, 6) is -0.0700. The monoisotopic (exact) mass is 613 g/mol. The fraction of sp³-hybridized carbons (Fsp3) is 0.645. The molecule has 2 fully saturated rings. The van der Waals surface area contributed by atoms with Crippen LogP contribution in [0.5, 0.6) is 0 Å². The number of amides is 1. The molecule has 1 saturated carbocycles.